The Morgan fingerprint density at radius 2 is 2.00 bits per heavy atom. The third kappa shape index (κ3) is 2.67. The molecule has 2 aromatic carbocycles. The maximum Gasteiger partial charge on any atom is 0.257 e. The van der Waals surface area contributed by atoms with E-state index in [-0.39, 0.29) is 11.7 Å². The van der Waals surface area contributed by atoms with Gasteiger partial charge in [-0.2, -0.15) is 0 Å². The first-order valence-corrected chi connectivity index (χ1v) is 6.83. The number of benzene rings is 2. The Bertz CT molecular complexity index is 700. The predicted molar refractivity (Wildman–Crippen MR) is 82.5 cm³/mol. The normalized spacial score (nSPS) is 12.9. The van der Waals surface area contributed by atoms with Crippen LogP contribution in [0.2, 0.25) is 0 Å². The van der Waals surface area contributed by atoms with E-state index in [1.54, 1.807) is 25.1 Å². The molecule has 1 aliphatic heterocycles. The molecule has 2 aromatic rings. The van der Waals surface area contributed by atoms with Crippen LogP contribution in [0.4, 0.5) is 21.5 Å². The molecule has 0 saturated carbocycles. The first kappa shape index (κ1) is 13.4. The number of carbonyl (C=O) groups is 1. The molecule has 1 heterocycles. The highest BCUT2D eigenvalue weighted by Gasteiger charge is 2.17. The minimum absolute atomic E-state index is 0.258. The fourth-order valence-corrected chi connectivity index (χ4v) is 2.33. The van der Waals surface area contributed by atoms with E-state index in [9.17, 15) is 9.18 Å². The first-order chi connectivity index (χ1) is 10.1. The topological polar surface area (TPSA) is 53.2 Å². The van der Waals surface area contributed by atoms with Gasteiger partial charge < -0.3 is 16.0 Å². The summed E-state index contributed by atoms with van der Waals surface area (Å²) in [7, 11) is 0. The second kappa shape index (κ2) is 5.44. The van der Waals surface area contributed by atoms with E-state index < -0.39 is 0 Å². The van der Waals surface area contributed by atoms with Gasteiger partial charge in [0.05, 0.1) is 16.9 Å². The average Bonchev–Trinajstić information content (AvgIpc) is 2.50. The van der Waals surface area contributed by atoms with Gasteiger partial charge in [0, 0.05) is 18.8 Å². The van der Waals surface area contributed by atoms with Gasteiger partial charge in [0.25, 0.3) is 5.91 Å². The van der Waals surface area contributed by atoms with Crippen LogP contribution in [0.1, 0.15) is 15.9 Å². The zero-order valence-corrected chi connectivity index (χ0v) is 11.7. The maximum absolute atomic E-state index is 13.5. The van der Waals surface area contributed by atoms with Crippen LogP contribution in [0.15, 0.2) is 36.4 Å². The Hall–Kier alpha value is -2.56. The quantitative estimate of drug-likeness (QED) is 0.794. The van der Waals surface area contributed by atoms with E-state index in [1.807, 2.05) is 12.1 Å². The van der Waals surface area contributed by atoms with Crippen molar-refractivity contribution in [1.29, 1.82) is 0 Å². The number of hydrogen-bond donors (Lipinski definition) is 3. The summed E-state index contributed by atoms with van der Waals surface area (Å²) in [5, 5.41) is 9.19. The predicted octanol–water partition coefficient (Wildman–Crippen LogP) is 3.22. The third-order valence-corrected chi connectivity index (χ3v) is 3.48. The van der Waals surface area contributed by atoms with E-state index in [1.165, 1.54) is 6.07 Å². The SMILES string of the molecule is Cc1ccc(NC(=O)c2cccc3c2NCCN3)cc1F. The first-order valence-electron chi connectivity index (χ1n) is 6.83. The van der Waals surface area contributed by atoms with Crippen molar-refractivity contribution < 1.29 is 9.18 Å². The van der Waals surface area contributed by atoms with Crippen molar-refractivity contribution in [3.63, 3.8) is 0 Å². The number of nitrogens with one attached hydrogen (secondary N) is 3. The Kier molecular flexibility index (Phi) is 3.48. The molecule has 3 N–H and O–H groups in total. The van der Waals surface area contributed by atoms with Gasteiger partial charge in [-0.15, -0.1) is 0 Å². The van der Waals surface area contributed by atoms with Crippen LogP contribution < -0.4 is 16.0 Å². The monoisotopic (exact) mass is 285 g/mol. The largest absolute Gasteiger partial charge is 0.382 e. The van der Waals surface area contributed by atoms with Gasteiger partial charge in [-0.1, -0.05) is 12.1 Å². The van der Waals surface area contributed by atoms with Crippen molar-refractivity contribution in [3.05, 3.63) is 53.3 Å². The van der Waals surface area contributed by atoms with Crippen LogP contribution in [0.3, 0.4) is 0 Å². The smallest absolute Gasteiger partial charge is 0.257 e. The number of halogens is 1. The highest BCUT2D eigenvalue weighted by atomic mass is 19.1. The Morgan fingerprint density at radius 3 is 2.81 bits per heavy atom. The zero-order valence-electron chi connectivity index (χ0n) is 11.7. The summed E-state index contributed by atoms with van der Waals surface area (Å²) in [4.78, 5) is 12.4. The van der Waals surface area contributed by atoms with Crippen molar-refractivity contribution in [1.82, 2.24) is 0 Å². The van der Waals surface area contributed by atoms with Crippen molar-refractivity contribution >= 4 is 23.0 Å². The van der Waals surface area contributed by atoms with E-state index in [0.29, 0.717) is 16.8 Å². The molecule has 4 nitrogen and oxygen atoms in total. The third-order valence-electron chi connectivity index (χ3n) is 3.48. The number of amides is 1. The molecule has 0 radical (unpaired) electrons. The maximum atomic E-state index is 13.5. The second-order valence-corrected chi connectivity index (χ2v) is 5.00. The number of hydrogen-bond acceptors (Lipinski definition) is 3. The molecule has 3 rings (SSSR count). The Balaban J connectivity index is 1.87. The Morgan fingerprint density at radius 1 is 1.19 bits per heavy atom. The van der Waals surface area contributed by atoms with Gasteiger partial charge in [-0.05, 0) is 36.8 Å². The molecular weight excluding hydrogens is 269 g/mol. The molecule has 5 heteroatoms. The molecule has 108 valence electrons. The molecule has 0 aliphatic carbocycles. The lowest BCUT2D eigenvalue weighted by atomic mass is 10.1. The number of rotatable bonds is 2. The molecule has 1 amide bonds. The summed E-state index contributed by atoms with van der Waals surface area (Å²) in [5.74, 6) is -0.589. The number of carbonyl (C=O) groups excluding carboxylic acids is 1. The number of aryl methyl sites for hydroxylation is 1. The van der Waals surface area contributed by atoms with Crippen LogP contribution in [-0.2, 0) is 0 Å². The van der Waals surface area contributed by atoms with Crippen LogP contribution in [0.25, 0.3) is 0 Å². The molecular formula is C16H16FN3O. The van der Waals surface area contributed by atoms with Crippen LogP contribution >= 0.6 is 0 Å². The van der Waals surface area contributed by atoms with Gasteiger partial charge in [0.2, 0.25) is 0 Å². The van der Waals surface area contributed by atoms with Crippen LogP contribution in [0.5, 0.6) is 0 Å². The second-order valence-electron chi connectivity index (χ2n) is 5.00. The minimum atomic E-state index is -0.331. The fourth-order valence-electron chi connectivity index (χ4n) is 2.33. The molecule has 0 unspecified atom stereocenters. The van der Waals surface area contributed by atoms with E-state index in [2.05, 4.69) is 16.0 Å². The Labute approximate surface area is 122 Å². The van der Waals surface area contributed by atoms with Crippen LogP contribution in [0, 0.1) is 12.7 Å². The molecule has 0 fully saturated rings. The van der Waals surface area contributed by atoms with Crippen molar-refractivity contribution in [2.45, 2.75) is 6.92 Å². The summed E-state index contributed by atoms with van der Waals surface area (Å²) < 4.78 is 13.5. The summed E-state index contributed by atoms with van der Waals surface area (Å²) in [5.41, 5.74) is 3.24. The zero-order chi connectivity index (χ0) is 14.8. The van der Waals surface area contributed by atoms with E-state index >= 15 is 0 Å². The van der Waals surface area contributed by atoms with Crippen molar-refractivity contribution in [2.75, 3.05) is 29.0 Å². The number of anilines is 3. The molecule has 0 spiro atoms. The lowest BCUT2D eigenvalue weighted by Gasteiger charge is -2.22. The van der Waals surface area contributed by atoms with Crippen LogP contribution in [-0.4, -0.2) is 19.0 Å². The standard InChI is InChI=1S/C16H16FN3O/c1-10-5-6-11(9-13(10)17)20-16(21)12-3-2-4-14-15(12)19-8-7-18-14/h2-6,9,18-19H,7-8H2,1H3,(H,20,21). The molecule has 0 bridgehead atoms. The van der Waals surface area contributed by atoms with E-state index in [4.69, 9.17) is 0 Å². The van der Waals surface area contributed by atoms with E-state index in [0.717, 1.165) is 24.5 Å². The van der Waals surface area contributed by atoms with Gasteiger partial charge in [-0.25, -0.2) is 4.39 Å². The molecule has 0 atom stereocenters. The lowest BCUT2D eigenvalue weighted by Crippen LogP contribution is -2.24. The van der Waals surface area contributed by atoms with Crippen molar-refractivity contribution in [3.8, 4) is 0 Å². The summed E-state index contributed by atoms with van der Waals surface area (Å²) in [6.07, 6.45) is 0. The lowest BCUT2D eigenvalue weighted by molar-refractivity contribution is 0.102. The van der Waals surface area contributed by atoms with Crippen molar-refractivity contribution in [2.24, 2.45) is 0 Å². The summed E-state index contributed by atoms with van der Waals surface area (Å²) in [6.45, 7) is 3.27. The van der Waals surface area contributed by atoms with Gasteiger partial charge >= 0.3 is 0 Å². The molecule has 0 aromatic heterocycles. The highest BCUT2D eigenvalue weighted by molar-refractivity contribution is 6.10. The molecule has 0 saturated heterocycles. The molecule has 21 heavy (non-hydrogen) atoms. The van der Waals surface area contributed by atoms with Gasteiger partial charge in [0.15, 0.2) is 0 Å². The summed E-state index contributed by atoms with van der Waals surface area (Å²) >= 11 is 0. The van der Waals surface area contributed by atoms with Gasteiger partial charge in [0.1, 0.15) is 5.82 Å². The number of para-hydroxylation sites is 1. The highest BCUT2D eigenvalue weighted by Crippen LogP contribution is 2.29. The number of fused-ring (bicyclic) bond motifs is 1. The summed E-state index contributed by atoms with van der Waals surface area (Å²) in [6, 6.07) is 10.2. The fraction of sp³-hybridized carbons (Fsp3) is 0.188. The molecule has 1 aliphatic rings. The van der Waals surface area contributed by atoms with Gasteiger partial charge in [-0.3, -0.25) is 4.79 Å². The average molecular weight is 285 g/mol. The minimum Gasteiger partial charge on any atom is -0.382 e.